The number of thiazole rings is 1. The molecule has 0 aliphatic rings. The van der Waals surface area contributed by atoms with Crippen LogP contribution in [0.4, 0.5) is 5.69 Å². The molecule has 0 saturated carbocycles. The van der Waals surface area contributed by atoms with Gasteiger partial charge in [-0.1, -0.05) is 30.0 Å². The number of ether oxygens (including phenoxy) is 1. The summed E-state index contributed by atoms with van der Waals surface area (Å²) >= 11 is 2.69. The Morgan fingerprint density at radius 2 is 1.93 bits per heavy atom. The fraction of sp³-hybridized carbons (Fsp3) is 0.211. The first-order chi connectivity index (χ1) is 13.9. The Hall–Kier alpha value is -2.43. The van der Waals surface area contributed by atoms with Crippen molar-refractivity contribution in [3.8, 4) is 0 Å². The molecule has 3 aromatic rings. The molecule has 1 N–H and O–H groups in total. The smallest absolute Gasteiger partial charge is 0.316 e. The van der Waals surface area contributed by atoms with Crippen molar-refractivity contribution in [2.24, 2.45) is 0 Å². The molecule has 0 fully saturated rings. The molecule has 0 aliphatic heterocycles. The summed E-state index contributed by atoms with van der Waals surface area (Å²) in [6, 6.07) is 13.3. The molecular weight excluding hydrogens is 432 g/mol. The highest BCUT2D eigenvalue weighted by atomic mass is 32.2. The van der Waals surface area contributed by atoms with E-state index in [1.165, 1.54) is 42.3 Å². The Morgan fingerprint density at radius 3 is 2.66 bits per heavy atom. The standard InChI is InChI=1S/C19H18N2O5S3/c1-26-18(23)12-27-19-21-15-8-7-13(11-16(15)28-19)20-17(22)9-10-29(24,25)14-5-3-2-4-6-14/h2-8,11H,9-10,12H2,1H3,(H,20,22). The number of benzene rings is 2. The van der Waals surface area contributed by atoms with E-state index in [1.54, 1.807) is 36.4 Å². The van der Waals surface area contributed by atoms with Crippen molar-refractivity contribution < 1.29 is 22.7 Å². The van der Waals surface area contributed by atoms with Crippen LogP contribution in [0.15, 0.2) is 57.8 Å². The number of thioether (sulfide) groups is 1. The molecule has 2 aromatic carbocycles. The van der Waals surface area contributed by atoms with E-state index in [2.05, 4.69) is 15.0 Å². The number of carbonyl (C=O) groups is 2. The minimum atomic E-state index is -3.50. The van der Waals surface area contributed by atoms with Gasteiger partial charge in [0.1, 0.15) is 0 Å². The number of nitrogens with one attached hydrogen (secondary N) is 1. The van der Waals surface area contributed by atoms with Crippen molar-refractivity contribution >= 4 is 60.7 Å². The fourth-order valence-electron chi connectivity index (χ4n) is 2.42. The predicted octanol–water partition coefficient (Wildman–Crippen LogP) is 3.36. The van der Waals surface area contributed by atoms with Gasteiger partial charge >= 0.3 is 5.97 Å². The van der Waals surface area contributed by atoms with Gasteiger partial charge in [-0.05, 0) is 30.3 Å². The van der Waals surface area contributed by atoms with Gasteiger partial charge in [-0.15, -0.1) is 11.3 Å². The number of rotatable bonds is 8. The van der Waals surface area contributed by atoms with Crippen molar-refractivity contribution in [2.75, 3.05) is 23.9 Å². The average molecular weight is 451 g/mol. The summed E-state index contributed by atoms with van der Waals surface area (Å²) in [5, 5.41) is 2.72. The normalized spacial score (nSPS) is 11.3. The lowest BCUT2D eigenvalue weighted by atomic mass is 10.3. The van der Waals surface area contributed by atoms with Crippen LogP contribution >= 0.6 is 23.1 Å². The second-order valence-electron chi connectivity index (χ2n) is 5.96. The number of sulfone groups is 1. The SMILES string of the molecule is COC(=O)CSc1nc2ccc(NC(=O)CCS(=O)(=O)c3ccccc3)cc2s1. The number of hydrogen-bond donors (Lipinski definition) is 1. The van der Waals surface area contributed by atoms with Gasteiger partial charge in [0.2, 0.25) is 5.91 Å². The molecule has 0 saturated heterocycles. The highest BCUT2D eigenvalue weighted by molar-refractivity contribution is 8.01. The Kier molecular flexibility index (Phi) is 6.88. The van der Waals surface area contributed by atoms with Crippen molar-refractivity contribution in [3.05, 3.63) is 48.5 Å². The maximum Gasteiger partial charge on any atom is 0.316 e. The Balaban J connectivity index is 1.60. The predicted molar refractivity (Wildman–Crippen MR) is 114 cm³/mol. The monoisotopic (exact) mass is 450 g/mol. The van der Waals surface area contributed by atoms with Crippen LogP contribution in [0.2, 0.25) is 0 Å². The van der Waals surface area contributed by atoms with Gasteiger partial charge in [-0.3, -0.25) is 9.59 Å². The molecule has 1 aromatic heterocycles. The number of nitrogens with zero attached hydrogens (tertiary/aromatic N) is 1. The van der Waals surface area contributed by atoms with E-state index >= 15 is 0 Å². The summed E-state index contributed by atoms with van der Waals surface area (Å²) in [7, 11) is -2.17. The molecule has 152 valence electrons. The number of anilines is 1. The molecule has 0 radical (unpaired) electrons. The average Bonchev–Trinajstić information content (AvgIpc) is 3.13. The number of methoxy groups -OCH3 is 1. The van der Waals surface area contributed by atoms with Gasteiger partial charge in [-0.2, -0.15) is 0 Å². The quantitative estimate of drug-likeness (QED) is 0.415. The lowest BCUT2D eigenvalue weighted by Gasteiger charge is -2.06. The summed E-state index contributed by atoms with van der Waals surface area (Å²) in [6.45, 7) is 0. The zero-order valence-electron chi connectivity index (χ0n) is 15.5. The fourth-order valence-corrected chi connectivity index (χ4v) is 5.62. The summed E-state index contributed by atoms with van der Waals surface area (Å²) in [4.78, 5) is 28.1. The van der Waals surface area contributed by atoms with Crippen LogP contribution in [0.3, 0.4) is 0 Å². The van der Waals surface area contributed by atoms with Crippen LogP contribution < -0.4 is 5.32 Å². The molecule has 3 rings (SSSR count). The van der Waals surface area contributed by atoms with Gasteiger partial charge in [0.15, 0.2) is 14.2 Å². The van der Waals surface area contributed by atoms with Gasteiger partial charge < -0.3 is 10.1 Å². The second-order valence-corrected chi connectivity index (χ2v) is 10.3. The maximum absolute atomic E-state index is 12.3. The van der Waals surface area contributed by atoms with Crippen LogP contribution in [-0.2, 0) is 24.2 Å². The number of carbonyl (C=O) groups excluding carboxylic acids is 2. The zero-order valence-corrected chi connectivity index (χ0v) is 17.9. The van der Waals surface area contributed by atoms with Gasteiger partial charge in [-0.25, -0.2) is 13.4 Å². The molecule has 0 unspecified atom stereocenters. The van der Waals surface area contributed by atoms with Crippen LogP contribution in [0.1, 0.15) is 6.42 Å². The molecule has 0 spiro atoms. The minimum absolute atomic E-state index is 0.141. The molecule has 0 atom stereocenters. The molecule has 0 aliphatic carbocycles. The first kappa shape index (κ1) is 21.3. The number of hydrogen-bond acceptors (Lipinski definition) is 8. The topological polar surface area (TPSA) is 102 Å². The lowest BCUT2D eigenvalue weighted by Crippen LogP contribution is -2.17. The summed E-state index contributed by atoms with van der Waals surface area (Å²) in [5.74, 6) is -0.795. The molecule has 7 nitrogen and oxygen atoms in total. The largest absolute Gasteiger partial charge is 0.468 e. The maximum atomic E-state index is 12.3. The van der Waals surface area contributed by atoms with E-state index in [4.69, 9.17) is 0 Å². The van der Waals surface area contributed by atoms with Crippen molar-refractivity contribution in [1.82, 2.24) is 4.98 Å². The van der Waals surface area contributed by atoms with Gasteiger partial charge in [0.05, 0.1) is 33.7 Å². The molecule has 1 amide bonds. The van der Waals surface area contributed by atoms with Crippen LogP contribution in [0.25, 0.3) is 10.2 Å². The molecule has 1 heterocycles. The van der Waals surface area contributed by atoms with E-state index in [0.717, 1.165) is 14.6 Å². The van der Waals surface area contributed by atoms with Crippen molar-refractivity contribution in [3.63, 3.8) is 0 Å². The summed E-state index contributed by atoms with van der Waals surface area (Å²) in [5.41, 5.74) is 1.32. The summed E-state index contributed by atoms with van der Waals surface area (Å²) < 4.78 is 30.7. The van der Waals surface area contributed by atoms with Crippen LogP contribution in [-0.4, -0.2) is 43.9 Å². The van der Waals surface area contributed by atoms with E-state index in [9.17, 15) is 18.0 Å². The molecule has 0 bridgehead atoms. The Labute approximate surface area is 176 Å². The van der Waals surface area contributed by atoms with Gasteiger partial charge in [0.25, 0.3) is 0 Å². The lowest BCUT2D eigenvalue weighted by molar-refractivity contribution is -0.137. The first-order valence-electron chi connectivity index (χ1n) is 8.55. The molecule has 29 heavy (non-hydrogen) atoms. The molecular formula is C19H18N2O5S3. The third-order valence-corrected chi connectivity index (χ3v) is 7.76. The molecule has 10 heteroatoms. The minimum Gasteiger partial charge on any atom is -0.468 e. The third-order valence-electron chi connectivity index (χ3n) is 3.89. The Morgan fingerprint density at radius 1 is 1.17 bits per heavy atom. The van der Waals surface area contributed by atoms with Gasteiger partial charge in [0, 0.05) is 12.1 Å². The first-order valence-corrected chi connectivity index (χ1v) is 12.0. The summed E-state index contributed by atoms with van der Waals surface area (Å²) in [6.07, 6.45) is -0.141. The number of aromatic nitrogens is 1. The van der Waals surface area contributed by atoms with E-state index in [0.29, 0.717) is 5.69 Å². The number of esters is 1. The second kappa shape index (κ2) is 9.38. The van der Waals surface area contributed by atoms with Crippen molar-refractivity contribution in [1.29, 1.82) is 0 Å². The highest BCUT2D eigenvalue weighted by Crippen LogP contribution is 2.31. The van der Waals surface area contributed by atoms with Crippen LogP contribution in [0, 0.1) is 0 Å². The number of amides is 1. The van der Waals surface area contributed by atoms with E-state index < -0.39 is 9.84 Å². The van der Waals surface area contributed by atoms with Crippen molar-refractivity contribution in [2.45, 2.75) is 15.7 Å². The zero-order chi connectivity index (χ0) is 20.9. The van der Waals surface area contributed by atoms with E-state index in [1.807, 2.05) is 0 Å². The number of fused-ring (bicyclic) bond motifs is 1. The van der Waals surface area contributed by atoms with Crippen LogP contribution in [0.5, 0.6) is 0 Å². The van der Waals surface area contributed by atoms with E-state index in [-0.39, 0.29) is 34.7 Å². The third kappa shape index (κ3) is 5.78. The Bertz CT molecular complexity index is 1130. The highest BCUT2D eigenvalue weighted by Gasteiger charge is 2.16.